The summed E-state index contributed by atoms with van der Waals surface area (Å²) < 4.78 is 5.13. The van der Waals surface area contributed by atoms with Gasteiger partial charge in [0.05, 0.1) is 0 Å². The van der Waals surface area contributed by atoms with Crippen LogP contribution in [0, 0.1) is 0 Å². The van der Waals surface area contributed by atoms with Crippen LogP contribution in [-0.4, -0.2) is 47.3 Å². The number of hydrogen-bond donors (Lipinski definition) is 2. The summed E-state index contributed by atoms with van der Waals surface area (Å²) >= 11 is 0. The molecule has 2 N–H and O–H groups in total. The Morgan fingerprint density at radius 1 is 1.20 bits per heavy atom. The van der Waals surface area contributed by atoms with Crippen LogP contribution in [0.15, 0.2) is 18.2 Å². The molecule has 0 saturated carbocycles. The number of nitrogens with zero attached hydrogens (tertiary/aromatic N) is 1. The van der Waals surface area contributed by atoms with E-state index in [0.29, 0.717) is 6.61 Å². The molecule has 1 fully saturated rings. The Morgan fingerprint density at radius 3 is 2.55 bits per heavy atom. The second-order valence-electron chi connectivity index (χ2n) is 4.74. The molecule has 1 aromatic rings. The smallest absolute Gasteiger partial charge is 0.341 e. The van der Waals surface area contributed by atoms with Gasteiger partial charge in [-0.25, -0.2) is 4.79 Å². The lowest BCUT2D eigenvalue weighted by molar-refractivity contribution is 0.0449. The lowest BCUT2D eigenvalue weighted by Gasteiger charge is -2.25. The molecule has 1 aliphatic rings. The summed E-state index contributed by atoms with van der Waals surface area (Å²) in [6.07, 6.45) is 3.68. The molecule has 0 aromatic heterocycles. The van der Waals surface area contributed by atoms with Gasteiger partial charge in [-0.1, -0.05) is 6.42 Å². The van der Waals surface area contributed by atoms with Crippen LogP contribution < -0.4 is 0 Å². The summed E-state index contributed by atoms with van der Waals surface area (Å²) in [5.41, 5.74) is 0.0800. The van der Waals surface area contributed by atoms with Crippen LogP contribution in [0.4, 0.5) is 0 Å². The van der Waals surface area contributed by atoms with E-state index in [2.05, 4.69) is 4.90 Å². The number of carbonyl (C=O) groups is 1. The molecule has 1 aromatic carbocycles. The van der Waals surface area contributed by atoms with Crippen molar-refractivity contribution in [2.45, 2.75) is 19.3 Å². The maximum Gasteiger partial charge on any atom is 0.341 e. The van der Waals surface area contributed by atoms with Gasteiger partial charge in [0.1, 0.15) is 23.7 Å². The highest BCUT2D eigenvalue weighted by Gasteiger charge is 2.14. The number of ether oxygens (including phenoxy) is 1. The maximum absolute atomic E-state index is 11.7. The number of rotatable bonds is 4. The van der Waals surface area contributed by atoms with Crippen LogP contribution >= 0.6 is 12.4 Å². The zero-order valence-electron chi connectivity index (χ0n) is 11.2. The van der Waals surface area contributed by atoms with Crippen molar-refractivity contribution in [3.8, 4) is 11.5 Å². The Kier molecular flexibility index (Phi) is 6.61. The Morgan fingerprint density at radius 2 is 1.90 bits per heavy atom. The molecule has 1 heterocycles. The fourth-order valence-corrected chi connectivity index (χ4v) is 2.22. The first-order valence-corrected chi connectivity index (χ1v) is 6.58. The molecule has 0 bridgehead atoms. The predicted octanol–water partition coefficient (Wildman–Crippen LogP) is 2.16. The Bertz CT molecular complexity index is 447. The van der Waals surface area contributed by atoms with E-state index >= 15 is 0 Å². The zero-order valence-corrected chi connectivity index (χ0v) is 12.1. The topological polar surface area (TPSA) is 70.0 Å². The highest BCUT2D eigenvalue weighted by Crippen LogP contribution is 2.23. The molecule has 0 atom stereocenters. The Balaban J connectivity index is 0.00000200. The number of likely N-dealkylation sites (tertiary alicyclic amines) is 1. The third-order valence-corrected chi connectivity index (χ3v) is 3.29. The number of piperidine rings is 1. The van der Waals surface area contributed by atoms with Gasteiger partial charge in [0, 0.05) is 12.6 Å². The van der Waals surface area contributed by atoms with Crippen molar-refractivity contribution in [3.63, 3.8) is 0 Å². The minimum atomic E-state index is -0.561. The normalized spacial score (nSPS) is 15.4. The molecule has 1 saturated heterocycles. The van der Waals surface area contributed by atoms with Crippen molar-refractivity contribution in [2.75, 3.05) is 26.2 Å². The molecule has 2 rings (SSSR count). The van der Waals surface area contributed by atoms with Crippen molar-refractivity contribution in [2.24, 2.45) is 0 Å². The standard InChI is InChI=1S/C14H19NO4.ClH/c16-11-4-5-12(13(17)10-11)14(18)19-9-8-15-6-2-1-3-7-15;/h4-5,10,16-17H,1-3,6-9H2;1H. The third kappa shape index (κ3) is 4.58. The number of esters is 1. The van der Waals surface area contributed by atoms with Crippen molar-refractivity contribution in [1.29, 1.82) is 0 Å². The van der Waals surface area contributed by atoms with Gasteiger partial charge in [-0.15, -0.1) is 12.4 Å². The fraction of sp³-hybridized carbons (Fsp3) is 0.500. The van der Waals surface area contributed by atoms with E-state index in [1.807, 2.05) is 0 Å². The second kappa shape index (κ2) is 7.97. The van der Waals surface area contributed by atoms with Crippen LogP contribution in [0.3, 0.4) is 0 Å². The molecule has 20 heavy (non-hydrogen) atoms. The summed E-state index contributed by atoms with van der Waals surface area (Å²) in [4.78, 5) is 14.0. The molecular weight excluding hydrogens is 282 g/mol. The lowest BCUT2D eigenvalue weighted by Crippen LogP contribution is -2.33. The fourth-order valence-electron chi connectivity index (χ4n) is 2.22. The summed E-state index contributed by atoms with van der Waals surface area (Å²) in [5.74, 6) is -0.903. The van der Waals surface area contributed by atoms with Gasteiger partial charge >= 0.3 is 5.97 Å². The summed E-state index contributed by atoms with van der Waals surface area (Å²) in [7, 11) is 0. The zero-order chi connectivity index (χ0) is 13.7. The highest BCUT2D eigenvalue weighted by atomic mass is 35.5. The minimum absolute atomic E-state index is 0. The largest absolute Gasteiger partial charge is 0.508 e. The van der Waals surface area contributed by atoms with Crippen LogP contribution in [0.25, 0.3) is 0 Å². The molecule has 0 unspecified atom stereocenters. The van der Waals surface area contributed by atoms with E-state index in [4.69, 9.17) is 9.84 Å². The SMILES string of the molecule is Cl.O=C(OCCN1CCCCC1)c1ccc(O)cc1O. The predicted molar refractivity (Wildman–Crippen MR) is 77.6 cm³/mol. The summed E-state index contributed by atoms with van der Waals surface area (Å²) in [6.45, 7) is 3.16. The van der Waals surface area contributed by atoms with E-state index in [0.717, 1.165) is 25.7 Å². The molecule has 0 spiro atoms. The minimum Gasteiger partial charge on any atom is -0.508 e. The van der Waals surface area contributed by atoms with Crippen LogP contribution in [0.1, 0.15) is 29.6 Å². The number of halogens is 1. The van der Waals surface area contributed by atoms with Crippen LogP contribution in [0.2, 0.25) is 0 Å². The first-order chi connectivity index (χ1) is 9.16. The highest BCUT2D eigenvalue weighted by molar-refractivity contribution is 5.92. The third-order valence-electron chi connectivity index (χ3n) is 3.29. The molecule has 0 aliphatic carbocycles. The summed E-state index contributed by atoms with van der Waals surface area (Å²) in [6, 6.07) is 3.83. The van der Waals surface area contributed by atoms with Gasteiger partial charge in [-0.2, -0.15) is 0 Å². The number of benzene rings is 1. The van der Waals surface area contributed by atoms with Gasteiger partial charge in [0.15, 0.2) is 0 Å². The second-order valence-corrected chi connectivity index (χ2v) is 4.74. The monoisotopic (exact) mass is 301 g/mol. The van der Waals surface area contributed by atoms with Gasteiger partial charge in [0.25, 0.3) is 0 Å². The van der Waals surface area contributed by atoms with E-state index in [-0.39, 0.29) is 29.5 Å². The Labute approximate surface area is 124 Å². The van der Waals surface area contributed by atoms with Gasteiger partial charge in [0.2, 0.25) is 0 Å². The molecule has 5 nitrogen and oxygen atoms in total. The molecular formula is C14H20ClNO4. The van der Waals surface area contributed by atoms with E-state index < -0.39 is 5.97 Å². The molecule has 0 radical (unpaired) electrons. The quantitative estimate of drug-likeness (QED) is 0.834. The first-order valence-electron chi connectivity index (χ1n) is 6.58. The molecule has 1 aliphatic heterocycles. The number of phenolic OH excluding ortho intramolecular Hbond substituents is 2. The van der Waals surface area contributed by atoms with Crippen molar-refractivity contribution >= 4 is 18.4 Å². The molecule has 6 heteroatoms. The van der Waals surface area contributed by atoms with E-state index in [9.17, 15) is 9.90 Å². The average Bonchev–Trinajstić information content (AvgIpc) is 2.39. The van der Waals surface area contributed by atoms with Crippen LogP contribution in [0.5, 0.6) is 11.5 Å². The Hall–Kier alpha value is -1.46. The van der Waals surface area contributed by atoms with Gasteiger partial charge in [-0.05, 0) is 38.1 Å². The van der Waals surface area contributed by atoms with Crippen molar-refractivity contribution < 1.29 is 19.7 Å². The van der Waals surface area contributed by atoms with Crippen molar-refractivity contribution in [3.05, 3.63) is 23.8 Å². The maximum atomic E-state index is 11.7. The number of carbonyl (C=O) groups excluding carboxylic acids is 1. The molecule has 0 amide bonds. The lowest BCUT2D eigenvalue weighted by atomic mass is 10.1. The van der Waals surface area contributed by atoms with Crippen LogP contribution in [-0.2, 0) is 4.74 Å². The number of aromatic hydroxyl groups is 2. The first kappa shape index (κ1) is 16.6. The van der Waals surface area contributed by atoms with Gasteiger partial charge < -0.3 is 14.9 Å². The number of phenols is 2. The van der Waals surface area contributed by atoms with Gasteiger partial charge in [-0.3, -0.25) is 4.90 Å². The molecule has 112 valence electrons. The average molecular weight is 302 g/mol. The van der Waals surface area contributed by atoms with Crippen molar-refractivity contribution in [1.82, 2.24) is 4.90 Å². The summed E-state index contributed by atoms with van der Waals surface area (Å²) in [5, 5.41) is 18.7. The van der Waals surface area contributed by atoms with E-state index in [1.54, 1.807) is 0 Å². The number of hydrogen-bond acceptors (Lipinski definition) is 5. The van der Waals surface area contributed by atoms with E-state index in [1.165, 1.54) is 31.4 Å².